The van der Waals surface area contributed by atoms with E-state index in [1.165, 1.54) is 10.9 Å². The Labute approximate surface area is 104 Å². The van der Waals surface area contributed by atoms with Crippen molar-refractivity contribution < 1.29 is 0 Å². The summed E-state index contributed by atoms with van der Waals surface area (Å²) >= 11 is 5.20. The van der Waals surface area contributed by atoms with E-state index in [0.29, 0.717) is 4.77 Å². The second-order valence-electron chi connectivity index (χ2n) is 3.84. The van der Waals surface area contributed by atoms with E-state index < -0.39 is 0 Å². The van der Waals surface area contributed by atoms with Crippen molar-refractivity contribution in [2.24, 2.45) is 0 Å². The molecule has 2 aromatic heterocycles. The molecule has 0 atom stereocenters. The van der Waals surface area contributed by atoms with Crippen LogP contribution in [0.15, 0.2) is 36.8 Å². The van der Waals surface area contributed by atoms with E-state index in [0.717, 1.165) is 12.2 Å². The number of nitrogens with one attached hydrogen (secondary N) is 1. The van der Waals surface area contributed by atoms with E-state index in [1.807, 2.05) is 16.7 Å². The molecule has 0 saturated heterocycles. The molecular weight excluding hydrogens is 232 g/mol. The maximum atomic E-state index is 5.20. The highest BCUT2D eigenvalue weighted by molar-refractivity contribution is 7.71. The molecule has 0 unspecified atom stereocenters. The summed E-state index contributed by atoms with van der Waals surface area (Å²) in [5.74, 6) is 0. The van der Waals surface area contributed by atoms with E-state index >= 15 is 0 Å². The minimum atomic E-state index is 0.613. The third kappa shape index (κ3) is 1.51. The molecule has 0 bridgehead atoms. The zero-order chi connectivity index (χ0) is 11.8. The third-order valence-corrected chi connectivity index (χ3v) is 3.23. The van der Waals surface area contributed by atoms with E-state index in [1.54, 1.807) is 6.33 Å². The van der Waals surface area contributed by atoms with Crippen molar-refractivity contribution in [3.8, 4) is 5.69 Å². The second-order valence-corrected chi connectivity index (χ2v) is 4.23. The molecule has 17 heavy (non-hydrogen) atoms. The largest absolute Gasteiger partial charge is 0.348 e. The van der Waals surface area contributed by atoms with E-state index in [-0.39, 0.29) is 0 Å². The lowest BCUT2D eigenvalue weighted by molar-refractivity contribution is 0.797. The van der Waals surface area contributed by atoms with Crippen LogP contribution in [0.5, 0.6) is 0 Å². The number of rotatable bonds is 2. The number of hydrogen-bond donors (Lipinski definition) is 1. The third-order valence-electron chi connectivity index (χ3n) is 2.94. The molecule has 0 fully saturated rings. The van der Waals surface area contributed by atoms with Crippen molar-refractivity contribution >= 4 is 23.1 Å². The van der Waals surface area contributed by atoms with Crippen LogP contribution in [0.2, 0.25) is 0 Å². The Kier molecular flexibility index (Phi) is 2.33. The van der Waals surface area contributed by atoms with Gasteiger partial charge in [0.15, 0.2) is 4.77 Å². The molecule has 5 heteroatoms. The molecule has 3 aromatic rings. The minimum absolute atomic E-state index is 0.613. The van der Waals surface area contributed by atoms with Crippen LogP contribution in [0.4, 0.5) is 0 Å². The van der Waals surface area contributed by atoms with Crippen molar-refractivity contribution in [1.82, 2.24) is 19.3 Å². The lowest BCUT2D eigenvalue weighted by Gasteiger charge is -2.05. The summed E-state index contributed by atoms with van der Waals surface area (Å²) in [7, 11) is 0. The first-order chi connectivity index (χ1) is 8.31. The van der Waals surface area contributed by atoms with E-state index in [2.05, 4.69) is 40.0 Å². The molecule has 86 valence electrons. The van der Waals surface area contributed by atoms with Gasteiger partial charge < -0.3 is 4.57 Å². The highest BCUT2D eigenvalue weighted by Crippen LogP contribution is 2.23. The molecule has 0 spiro atoms. The molecule has 0 aliphatic rings. The zero-order valence-electron chi connectivity index (χ0n) is 9.42. The Morgan fingerprint density at radius 3 is 2.94 bits per heavy atom. The van der Waals surface area contributed by atoms with Gasteiger partial charge in [0.25, 0.3) is 0 Å². The molecule has 2 heterocycles. The molecule has 0 aliphatic heterocycles. The van der Waals surface area contributed by atoms with Gasteiger partial charge in [0.1, 0.15) is 6.33 Å². The molecule has 0 saturated carbocycles. The average Bonchev–Trinajstić information content (AvgIpc) is 2.94. The normalized spacial score (nSPS) is 11.1. The van der Waals surface area contributed by atoms with Crippen LogP contribution in [-0.4, -0.2) is 19.3 Å². The summed E-state index contributed by atoms with van der Waals surface area (Å²) < 4.78 is 4.71. The molecule has 0 amide bonds. The lowest BCUT2D eigenvalue weighted by atomic mass is 10.2. The molecule has 1 N–H and O–H groups in total. The van der Waals surface area contributed by atoms with Crippen molar-refractivity contribution in [3.05, 3.63) is 41.6 Å². The summed E-state index contributed by atoms with van der Waals surface area (Å²) in [5.41, 5.74) is 2.28. The predicted molar refractivity (Wildman–Crippen MR) is 69.9 cm³/mol. The van der Waals surface area contributed by atoms with Crippen LogP contribution < -0.4 is 0 Å². The van der Waals surface area contributed by atoms with Crippen molar-refractivity contribution in [3.63, 3.8) is 0 Å². The smallest absolute Gasteiger partial charge is 0.199 e. The fourth-order valence-corrected chi connectivity index (χ4v) is 2.31. The van der Waals surface area contributed by atoms with Gasteiger partial charge in [0.2, 0.25) is 0 Å². The number of aromatic nitrogens is 4. The van der Waals surface area contributed by atoms with Gasteiger partial charge in [0, 0.05) is 18.1 Å². The highest BCUT2D eigenvalue weighted by atomic mass is 32.1. The number of H-pyrrole nitrogens is 1. The molecule has 3 rings (SSSR count). The van der Waals surface area contributed by atoms with Crippen LogP contribution >= 0.6 is 12.2 Å². The molecule has 0 radical (unpaired) electrons. The van der Waals surface area contributed by atoms with Gasteiger partial charge in [-0.05, 0) is 37.3 Å². The number of hydrogen-bond acceptors (Lipinski definition) is 2. The Morgan fingerprint density at radius 1 is 1.35 bits per heavy atom. The van der Waals surface area contributed by atoms with Crippen molar-refractivity contribution in [2.75, 3.05) is 0 Å². The standard InChI is InChI=1S/C12H12N4S/c1-2-15-7-6-9-10(15)4-3-5-11(9)16-8-13-14-12(16)17/h3-8H,2H2,1H3,(H,14,17). The summed E-state index contributed by atoms with van der Waals surface area (Å²) in [6.07, 6.45) is 3.80. The topological polar surface area (TPSA) is 38.5 Å². The summed E-state index contributed by atoms with van der Waals surface area (Å²) in [4.78, 5) is 0. The van der Waals surface area contributed by atoms with Crippen LogP contribution in [0.1, 0.15) is 6.92 Å². The first kappa shape index (κ1) is 10.3. The number of benzene rings is 1. The van der Waals surface area contributed by atoms with Crippen LogP contribution in [0.25, 0.3) is 16.6 Å². The molecule has 0 aliphatic carbocycles. The molecule has 4 nitrogen and oxygen atoms in total. The van der Waals surface area contributed by atoms with Gasteiger partial charge >= 0.3 is 0 Å². The van der Waals surface area contributed by atoms with Gasteiger partial charge in [-0.25, -0.2) is 0 Å². The van der Waals surface area contributed by atoms with Crippen molar-refractivity contribution in [2.45, 2.75) is 13.5 Å². The summed E-state index contributed by atoms with van der Waals surface area (Å²) in [5, 5.41) is 7.92. The van der Waals surface area contributed by atoms with E-state index in [9.17, 15) is 0 Å². The first-order valence-electron chi connectivity index (χ1n) is 5.51. The number of fused-ring (bicyclic) bond motifs is 1. The maximum Gasteiger partial charge on any atom is 0.199 e. The summed E-state index contributed by atoms with van der Waals surface area (Å²) in [6, 6.07) is 8.32. The fraction of sp³-hybridized carbons (Fsp3) is 0.167. The van der Waals surface area contributed by atoms with E-state index in [4.69, 9.17) is 12.2 Å². The number of nitrogens with zero attached hydrogens (tertiary/aromatic N) is 3. The highest BCUT2D eigenvalue weighted by Gasteiger charge is 2.06. The second kappa shape index (κ2) is 3.85. The Balaban J connectivity index is 2.35. The van der Waals surface area contributed by atoms with Crippen LogP contribution in [0.3, 0.4) is 0 Å². The maximum absolute atomic E-state index is 5.20. The van der Waals surface area contributed by atoms with Gasteiger partial charge in [0.05, 0.1) is 11.2 Å². The van der Waals surface area contributed by atoms with Gasteiger partial charge in [-0.2, -0.15) is 5.10 Å². The molecule has 1 aromatic carbocycles. The van der Waals surface area contributed by atoms with Gasteiger partial charge in [-0.15, -0.1) is 0 Å². The van der Waals surface area contributed by atoms with Crippen LogP contribution in [0, 0.1) is 4.77 Å². The Bertz CT molecular complexity index is 719. The first-order valence-corrected chi connectivity index (χ1v) is 5.92. The quantitative estimate of drug-likeness (QED) is 0.704. The zero-order valence-corrected chi connectivity index (χ0v) is 10.2. The van der Waals surface area contributed by atoms with Crippen LogP contribution in [-0.2, 0) is 6.54 Å². The van der Waals surface area contributed by atoms with Gasteiger partial charge in [-0.1, -0.05) is 6.07 Å². The molecular formula is C12H12N4S. The fourth-order valence-electron chi connectivity index (χ4n) is 2.11. The number of aromatic amines is 1. The SMILES string of the molecule is CCn1ccc2c(-n3cn[nH]c3=S)cccc21. The minimum Gasteiger partial charge on any atom is -0.348 e. The number of aryl methyl sites for hydroxylation is 1. The lowest BCUT2D eigenvalue weighted by Crippen LogP contribution is -1.94. The Hall–Kier alpha value is -1.88. The summed E-state index contributed by atoms with van der Waals surface area (Å²) in [6.45, 7) is 3.10. The van der Waals surface area contributed by atoms with Crippen molar-refractivity contribution in [1.29, 1.82) is 0 Å². The monoisotopic (exact) mass is 244 g/mol. The van der Waals surface area contributed by atoms with Gasteiger partial charge in [-0.3, -0.25) is 9.67 Å². The predicted octanol–water partition coefficient (Wildman–Crippen LogP) is 2.90. The average molecular weight is 244 g/mol. The Morgan fingerprint density at radius 2 is 2.24 bits per heavy atom.